The highest BCUT2D eigenvalue weighted by Gasteiger charge is 2.21. The van der Waals surface area contributed by atoms with Gasteiger partial charge < -0.3 is 10.7 Å². The van der Waals surface area contributed by atoms with Gasteiger partial charge in [0.2, 0.25) is 0 Å². The van der Waals surface area contributed by atoms with Crippen LogP contribution in [0.3, 0.4) is 0 Å². The SMILES string of the molecule is Cc1[nH]c(=O)sc1S(=O)(=O)Nc1ccc(F)c(C(N)=O)c1. The van der Waals surface area contributed by atoms with Crippen LogP contribution in [0, 0.1) is 12.7 Å². The summed E-state index contributed by atoms with van der Waals surface area (Å²) in [6, 6.07) is 3.05. The number of hydrogen-bond acceptors (Lipinski definition) is 5. The number of amides is 1. The number of carbonyl (C=O) groups excluding carboxylic acids is 1. The van der Waals surface area contributed by atoms with Crippen molar-refractivity contribution < 1.29 is 17.6 Å². The molecule has 0 aliphatic heterocycles. The number of rotatable bonds is 4. The van der Waals surface area contributed by atoms with Crippen LogP contribution < -0.4 is 15.3 Å². The Kier molecular flexibility index (Phi) is 3.83. The van der Waals surface area contributed by atoms with Gasteiger partial charge >= 0.3 is 4.87 Å². The Bertz CT molecular complexity index is 870. The van der Waals surface area contributed by atoms with Gasteiger partial charge in [-0.25, -0.2) is 12.8 Å². The number of nitrogens with two attached hydrogens (primary N) is 1. The fourth-order valence-corrected chi connectivity index (χ4v) is 3.98. The van der Waals surface area contributed by atoms with E-state index in [1.54, 1.807) is 0 Å². The van der Waals surface area contributed by atoms with E-state index in [1.165, 1.54) is 6.92 Å². The second kappa shape index (κ2) is 5.30. The summed E-state index contributed by atoms with van der Waals surface area (Å²) < 4.78 is 39.6. The van der Waals surface area contributed by atoms with E-state index >= 15 is 0 Å². The summed E-state index contributed by atoms with van der Waals surface area (Å²) in [5.74, 6) is -1.87. The summed E-state index contributed by atoms with van der Waals surface area (Å²) in [6.07, 6.45) is 0. The number of aromatic nitrogens is 1. The van der Waals surface area contributed by atoms with Crippen molar-refractivity contribution >= 4 is 33.0 Å². The van der Waals surface area contributed by atoms with Crippen LogP contribution in [0.5, 0.6) is 0 Å². The lowest BCUT2D eigenvalue weighted by Crippen LogP contribution is -2.16. The molecule has 0 bridgehead atoms. The molecule has 2 aromatic rings. The highest BCUT2D eigenvalue weighted by Crippen LogP contribution is 2.21. The molecule has 0 aliphatic carbocycles. The number of nitrogens with one attached hydrogen (secondary N) is 2. The average molecular weight is 331 g/mol. The molecule has 1 heterocycles. The Hall–Kier alpha value is -2.20. The van der Waals surface area contributed by atoms with Gasteiger partial charge in [-0.1, -0.05) is 11.3 Å². The highest BCUT2D eigenvalue weighted by molar-refractivity contribution is 7.94. The van der Waals surface area contributed by atoms with Crippen molar-refractivity contribution in [2.45, 2.75) is 11.1 Å². The van der Waals surface area contributed by atoms with E-state index in [-0.39, 0.29) is 15.6 Å². The second-order valence-electron chi connectivity index (χ2n) is 4.09. The molecular formula is C11H10FN3O4S2. The zero-order valence-corrected chi connectivity index (χ0v) is 12.3. The van der Waals surface area contributed by atoms with Gasteiger partial charge in [0.25, 0.3) is 15.9 Å². The van der Waals surface area contributed by atoms with Crippen molar-refractivity contribution in [3.63, 3.8) is 0 Å². The molecule has 1 amide bonds. The maximum Gasteiger partial charge on any atom is 0.306 e. The maximum absolute atomic E-state index is 13.3. The summed E-state index contributed by atoms with van der Waals surface area (Å²) in [4.78, 5) is 24.0. The van der Waals surface area contributed by atoms with Crippen LogP contribution in [0.4, 0.5) is 10.1 Å². The number of aryl methyl sites for hydroxylation is 1. The minimum atomic E-state index is -4.02. The van der Waals surface area contributed by atoms with E-state index in [0.717, 1.165) is 18.2 Å². The molecule has 0 radical (unpaired) electrons. The molecule has 21 heavy (non-hydrogen) atoms. The Morgan fingerprint density at radius 1 is 1.43 bits per heavy atom. The first-order chi connectivity index (χ1) is 9.70. The number of halogens is 1. The third-order valence-electron chi connectivity index (χ3n) is 2.51. The zero-order valence-electron chi connectivity index (χ0n) is 10.6. The fourth-order valence-electron chi connectivity index (χ4n) is 1.63. The first-order valence-electron chi connectivity index (χ1n) is 5.52. The predicted molar refractivity (Wildman–Crippen MR) is 75.4 cm³/mol. The molecule has 0 atom stereocenters. The van der Waals surface area contributed by atoms with E-state index in [0.29, 0.717) is 11.3 Å². The smallest absolute Gasteiger partial charge is 0.306 e. The molecule has 0 saturated heterocycles. The van der Waals surface area contributed by atoms with E-state index in [9.17, 15) is 22.4 Å². The molecule has 7 nitrogen and oxygen atoms in total. The molecule has 2 rings (SSSR count). The Morgan fingerprint density at radius 2 is 2.10 bits per heavy atom. The normalized spacial score (nSPS) is 11.3. The van der Waals surface area contributed by atoms with E-state index in [2.05, 4.69) is 9.71 Å². The highest BCUT2D eigenvalue weighted by atomic mass is 32.2. The van der Waals surface area contributed by atoms with Crippen LogP contribution in [0.1, 0.15) is 16.1 Å². The molecular weight excluding hydrogens is 321 g/mol. The Balaban J connectivity index is 2.42. The van der Waals surface area contributed by atoms with Crippen molar-refractivity contribution in [1.82, 2.24) is 4.98 Å². The molecule has 0 aliphatic rings. The van der Waals surface area contributed by atoms with Gasteiger partial charge in [0, 0.05) is 11.4 Å². The topological polar surface area (TPSA) is 122 Å². The molecule has 4 N–H and O–H groups in total. The molecule has 10 heteroatoms. The summed E-state index contributed by atoms with van der Waals surface area (Å²) in [7, 11) is -4.02. The zero-order chi connectivity index (χ0) is 15.8. The number of H-pyrrole nitrogens is 1. The number of primary amides is 1. The van der Waals surface area contributed by atoms with Gasteiger partial charge in [-0.3, -0.25) is 14.3 Å². The molecule has 112 valence electrons. The van der Waals surface area contributed by atoms with Crippen molar-refractivity contribution in [2.75, 3.05) is 4.72 Å². The summed E-state index contributed by atoms with van der Waals surface area (Å²) in [5, 5.41) is 0. The first kappa shape index (κ1) is 15.2. The van der Waals surface area contributed by atoms with Crippen LogP contribution in [-0.2, 0) is 10.0 Å². The van der Waals surface area contributed by atoms with E-state index in [1.807, 2.05) is 0 Å². The van der Waals surface area contributed by atoms with Crippen molar-refractivity contribution in [3.8, 4) is 0 Å². The number of thiazole rings is 1. The van der Waals surface area contributed by atoms with E-state index < -0.39 is 32.2 Å². The Morgan fingerprint density at radius 3 is 2.62 bits per heavy atom. The lowest BCUT2D eigenvalue weighted by molar-refractivity contribution is 0.0996. The molecule has 0 spiro atoms. The third kappa shape index (κ3) is 3.11. The number of benzene rings is 1. The second-order valence-corrected chi connectivity index (χ2v) is 6.95. The van der Waals surface area contributed by atoms with Gasteiger partial charge in [0.1, 0.15) is 5.82 Å². The lowest BCUT2D eigenvalue weighted by Gasteiger charge is -2.08. The van der Waals surface area contributed by atoms with Gasteiger partial charge in [0.05, 0.1) is 5.56 Å². The lowest BCUT2D eigenvalue weighted by atomic mass is 10.2. The van der Waals surface area contributed by atoms with Crippen molar-refractivity contribution in [3.05, 3.63) is 44.9 Å². The van der Waals surface area contributed by atoms with Crippen LogP contribution >= 0.6 is 11.3 Å². The van der Waals surface area contributed by atoms with Crippen LogP contribution in [-0.4, -0.2) is 19.3 Å². The minimum absolute atomic E-state index is 0.0366. The molecule has 1 aromatic carbocycles. The van der Waals surface area contributed by atoms with Gasteiger partial charge in [-0.15, -0.1) is 0 Å². The summed E-state index contributed by atoms with van der Waals surface area (Å²) in [6.45, 7) is 1.44. The van der Waals surface area contributed by atoms with Crippen molar-refractivity contribution in [1.29, 1.82) is 0 Å². The van der Waals surface area contributed by atoms with Crippen LogP contribution in [0.15, 0.2) is 27.2 Å². The van der Waals surface area contributed by atoms with Gasteiger partial charge in [-0.05, 0) is 25.1 Å². The molecule has 1 aromatic heterocycles. The standard InChI is InChI=1S/C11H10FN3O4S2/c1-5-10(20-11(17)14-5)21(18,19)15-6-2-3-8(12)7(4-6)9(13)16/h2-4,15H,1H3,(H2,13,16)(H,14,17). The van der Waals surface area contributed by atoms with Gasteiger partial charge in [-0.2, -0.15) is 0 Å². The predicted octanol–water partition coefficient (Wildman–Crippen LogP) is 0.784. The number of hydrogen-bond donors (Lipinski definition) is 3. The number of anilines is 1. The van der Waals surface area contributed by atoms with Crippen molar-refractivity contribution in [2.24, 2.45) is 5.73 Å². The number of sulfonamides is 1. The number of carbonyl (C=O) groups is 1. The monoisotopic (exact) mass is 331 g/mol. The fraction of sp³-hybridized carbons (Fsp3) is 0.0909. The molecule has 0 saturated carbocycles. The average Bonchev–Trinajstić information content (AvgIpc) is 2.71. The number of aromatic amines is 1. The minimum Gasteiger partial charge on any atom is -0.366 e. The Labute approximate surface area is 122 Å². The molecule has 0 fully saturated rings. The largest absolute Gasteiger partial charge is 0.366 e. The van der Waals surface area contributed by atoms with Crippen LogP contribution in [0.25, 0.3) is 0 Å². The summed E-state index contributed by atoms with van der Waals surface area (Å²) >= 11 is 0.527. The first-order valence-corrected chi connectivity index (χ1v) is 7.82. The van der Waals surface area contributed by atoms with E-state index in [4.69, 9.17) is 5.73 Å². The van der Waals surface area contributed by atoms with Gasteiger partial charge in [0.15, 0.2) is 4.21 Å². The quantitative estimate of drug-likeness (QED) is 0.766. The maximum atomic E-state index is 13.3. The summed E-state index contributed by atoms with van der Waals surface area (Å²) in [5.41, 5.74) is 4.70. The molecule has 0 unspecified atom stereocenters. The third-order valence-corrected chi connectivity index (χ3v) is 5.50. The van der Waals surface area contributed by atoms with Crippen LogP contribution in [0.2, 0.25) is 0 Å².